The number of aryl methyl sites for hydroxylation is 1. The van der Waals surface area contributed by atoms with E-state index in [0.29, 0.717) is 23.7 Å². The maximum Gasteiger partial charge on any atom is 0.251 e. The lowest BCUT2D eigenvalue weighted by atomic mass is 9.88. The number of nitrogens with one attached hydrogen (secondary N) is 1. The van der Waals surface area contributed by atoms with Gasteiger partial charge in [0.05, 0.1) is 5.75 Å². The van der Waals surface area contributed by atoms with E-state index in [1.54, 1.807) is 11.2 Å². The summed E-state index contributed by atoms with van der Waals surface area (Å²) in [7, 11) is 0. The summed E-state index contributed by atoms with van der Waals surface area (Å²) >= 11 is 1.54. The van der Waals surface area contributed by atoms with E-state index in [4.69, 9.17) is 4.52 Å². The van der Waals surface area contributed by atoms with Gasteiger partial charge in [-0.3, -0.25) is 14.5 Å². The molecule has 0 aliphatic carbocycles. The highest BCUT2D eigenvalue weighted by Crippen LogP contribution is 2.44. The van der Waals surface area contributed by atoms with E-state index in [1.807, 2.05) is 42.5 Å². The van der Waals surface area contributed by atoms with E-state index < -0.39 is 0 Å². The number of nitrogens with zero attached hydrogens (tertiary/aromatic N) is 2. The Morgan fingerprint density at radius 3 is 2.71 bits per heavy atom. The molecular formula is C27H31N3O3S. The first kappa shape index (κ1) is 24.1. The van der Waals surface area contributed by atoms with Crippen molar-refractivity contribution in [1.82, 2.24) is 10.5 Å². The minimum atomic E-state index is -0.252. The maximum absolute atomic E-state index is 12.8. The molecule has 7 heteroatoms. The van der Waals surface area contributed by atoms with E-state index in [-0.39, 0.29) is 22.6 Å². The third-order valence-electron chi connectivity index (χ3n) is 5.91. The normalized spacial score (nSPS) is 16.1. The van der Waals surface area contributed by atoms with Gasteiger partial charge in [-0.05, 0) is 47.9 Å². The van der Waals surface area contributed by atoms with Crippen molar-refractivity contribution < 1.29 is 14.1 Å². The molecule has 1 atom stereocenters. The Labute approximate surface area is 205 Å². The number of unbranched alkanes of at least 4 members (excludes halogenated alkanes) is 1. The van der Waals surface area contributed by atoms with Gasteiger partial charge in [0, 0.05) is 17.7 Å². The lowest BCUT2D eigenvalue weighted by Gasteiger charge is -2.26. The summed E-state index contributed by atoms with van der Waals surface area (Å²) in [4.78, 5) is 27.3. The van der Waals surface area contributed by atoms with E-state index in [0.717, 1.165) is 30.4 Å². The summed E-state index contributed by atoms with van der Waals surface area (Å²) in [5, 5.41) is 6.94. The lowest BCUT2D eigenvalue weighted by molar-refractivity contribution is -0.115. The highest BCUT2D eigenvalue weighted by atomic mass is 32.2. The van der Waals surface area contributed by atoms with Crippen molar-refractivity contribution in [3.8, 4) is 0 Å². The van der Waals surface area contributed by atoms with Gasteiger partial charge >= 0.3 is 0 Å². The van der Waals surface area contributed by atoms with Crippen LogP contribution in [-0.4, -0.2) is 29.3 Å². The number of carbonyl (C=O) groups excluding carboxylic acids is 2. The van der Waals surface area contributed by atoms with Crippen LogP contribution in [0.4, 0.5) is 5.82 Å². The average molecular weight is 478 g/mol. The van der Waals surface area contributed by atoms with Crippen LogP contribution >= 0.6 is 11.8 Å². The summed E-state index contributed by atoms with van der Waals surface area (Å²) in [6.45, 7) is 6.83. The average Bonchev–Trinajstić information content (AvgIpc) is 3.46. The molecule has 1 unspecified atom stereocenters. The van der Waals surface area contributed by atoms with E-state index in [2.05, 4.69) is 43.4 Å². The molecule has 6 nitrogen and oxygen atoms in total. The van der Waals surface area contributed by atoms with Crippen molar-refractivity contribution in [3.63, 3.8) is 0 Å². The zero-order valence-corrected chi connectivity index (χ0v) is 20.7. The topological polar surface area (TPSA) is 75.4 Å². The predicted molar refractivity (Wildman–Crippen MR) is 136 cm³/mol. The minimum Gasteiger partial charge on any atom is -0.362 e. The standard InChI is InChI=1S/C27H31N3O3S/c1-27(2,3)22-17-33-29-24(22)30-23(31)18-34-26(30)21-14-9-13-20(16-21)25(32)28-15-8-7-12-19-10-5-4-6-11-19/h4-6,9-11,13-14,16-17,26H,7-8,12,15,18H2,1-3H3,(H,28,32). The molecule has 1 N–H and O–H groups in total. The van der Waals surface area contributed by atoms with Gasteiger partial charge in [0.2, 0.25) is 5.91 Å². The summed E-state index contributed by atoms with van der Waals surface area (Å²) in [5.41, 5.74) is 3.48. The number of amides is 2. The Morgan fingerprint density at radius 1 is 1.15 bits per heavy atom. The second-order valence-corrected chi connectivity index (χ2v) is 10.6. The SMILES string of the molecule is CC(C)(C)c1conc1N1C(=O)CSC1c1cccc(C(=O)NCCCCc2ccccc2)c1. The first-order chi connectivity index (χ1) is 16.3. The molecule has 1 aliphatic rings. The van der Waals surface area contributed by atoms with Crippen LogP contribution in [-0.2, 0) is 16.6 Å². The molecule has 1 fully saturated rings. The highest BCUT2D eigenvalue weighted by Gasteiger charge is 2.39. The molecular weight excluding hydrogens is 446 g/mol. The fourth-order valence-electron chi connectivity index (χ4n) is 4.05. The molecule has 2 heterocycles. The number of hydrogen-bond acceptors (Lipinski definition) is 5. The maximum atomic E-state index is 12.8. The third kappa shape index (κ3) is 5.53. The second kappa shape index (κ2) is 10.5. The molecule has 178 valence electrons. The summed E-state index contributed by atoms with van der Waals surface area (Å²) < 4.78 is 5.25. The predicted octanol–water partition coefficient (Wildman–Crippen LogP) is 5.50. The number of hydrogen-bond donors (Lipinski definition) is 1. The van der Waals surface area contributed by atoms with Crippen LogP contribution in [0.15, 0.2) is 65.4 Å². The van der Waals surface area contributed by atoms with Gasteiger partial charge in [-0.15, -0.1) is 11.8 Å². The van der Waals surface area contributed by atoms with Crippen molar-refractivity contribution in [3.05, 3.63) is 83.1 Å². The van der Waals surface area contributed by atoms with Crippen molar-refractivity contribution in [2.24, 2.45) is 0 Å². The molecule has 0 spiro atoms. The molecule has 2 aromatic carbocycles. The monoisotopic (exact) mass is 477 g/mol. The first-order valence-electron chi connectivity index (χ1n) is 11.6. The number of aromatic nitrogens is 1. The van der Waals surface area contributed by atoms with E-state index in [9.17, 15) is 9.59 Å². The Hall–Kier alpha value is -3.06. The Morgan fingerprint density at radius 2 is 1.94 bits per heavy atom. The zero-order chi connectivity index (χ0) is 24.1. The second-order valence-electron chi connectivity index (χ2n) is 9.55. The zero-order valence-electron chi connectivity index (χ0n) is 19.9. The fraction of sp³-hybridized carbons (Fsp3) is 0.370. The molecule has 0 saturated carbocycles. The smallest absolute Gasteiger partial charge is 0.251 e. The van der Waals surface area contributed by atoms with Crippen LogP contribution in [0.3, 0.4) is 0 Å². The van der Waals surface area contributed by atoms with Gasteiger partial charge in [0.25, 0.3) is 5.91 Å². The van der Waals surface area contributed by atoms with Gasteiger partial charge in [-0.25, -0.2) is 0 Å². The third-order valence-corrected chi connectivity index (χ3v) is 7.12. The van der Waals surface area contributed by atoms with Crippen molar-refractivity contribution in [1.29, 1.82) is 0 Å². The van der Waals surface area contributed by atoms with Gasteiger partial charge in [0.1, 0.15) is 11.6 Å². The molecule has 0 bridgehead atoms. The summed E-state index contributed by atoms with van der Waals surface area (Å²) in [6, 6.07) is 17.9. The van der Waals surface area contributed by atoms with Crippen LogP contribution in [0.2, 0.25) is 0 Å². The fourth-order valence-corrected chi connectivity index (χ4v) is 5.20. The van der Waals surface area contributed by atoms with Gasteiger partial charge < -0.3 is 9.84 Å². The van der Waals surface area contributed by atoms with Crippen LogP contribution in [0.1, 0.15) is 66.0 Å². The van der Waals surface area contributed by atoms with Gasteiger partial charge in [0.15, 0.2) is 5.82 Å². The lowest BCUT2D eigenvalue weighted by Crippen LogP contribution is -2.31. The van der Waals surface area contributed by atoms with Crippen molar-refractivity contribution in [2.75, 3.05) is 17.2 Å². The van der Waals surface area contributed by atoms with Crippen LogP contribution in [0, 0.1) is 0 Å². The molecule has 34 heavy (non-hydrogen) atoms. The van der Waals surface area contributed by atoms with E-state index >= 15 is 0 Å². The van der Waals surface area contributed by atoms with Gasteiger partial charge in [-0.2, -0.15) is 0 Å². The molecule has 0 radical (unpaired) electrons. The summed E-state index contributed by atoms with van der Waals surface area (Å²) in [6.07, 6.45) is 4.56. The molecule has 1 saturated heterocycles. The van der Waals surface area contributed by atoms with Crippen molar-refractivity contribution in [2.45, 2.75) is 50.8 Å². The summed E-state index contributed by atoms with van der Waals surface area (Å²) in [5.74, 6) is 0.807. The molecule has 4 rings (SSSR count). The van der Waals surface area contributed by atoms with Crippen molar-refractivity contribution >= 4 is 29.4 Å². The van der Waals surface area contributed by atoms with Gasteiger partial charge in [-0.1, -0.05) is 68.4 Å². The molecule has 3 aromatic rings. The quantitative estimate of drug-likeness (QED) is 0.434. The Bertz CT molecular complexity index is 1140. The number of benzene rings is 2. The first-order valence-corrected chi connectivity index (χ1v) is 12.7. The Kier molecular flexibility index (Phi) is 7.41. The highest BCUT2D eigenvalue weighted by molar-refractivity contribution is 8.00. The molecule has 1 aliphatic heterocycles. The number of rotatable bonds is 8. The van der Waals surface area contributed by atoms with Crippen LogP contribution in [0.5, 0.6) is 0 Å². The molecule has 2 amide bonds. The Balaban J connectivity index is 1.41. The minimum absolute atomic E-state index is 0.0114. The largest absolute Gasteiger partial charge is 0.362 e. The van der Waals surface area contributed by atoms with E-state index in [1.165, 1.54) is 17.3 Å². The number of carbonyl (C=O) groups is 2. The van der Waals surface area contributed by atoms with Crippen LogP contribution < -0.4 is 10.2 Å². The van der Waals surface area contributed by atoms with Crippen LogP contribution in [0.25, 0.3) is 0 Å². The molecule has 1 aromatic heterocycles. The number of anilines is 1. The number of thioether (sulfide) groups is 1.